The van der Waals surface area contributed by atoms with Crippen LogP contribution >= 0.6 is 15.9 Å². The molecule has 0 bridgehead atoms. The molecule has 1 fully saturated rings. The first-order valence-corrected chi connectivity index (χ1v) is 7.29. The van der Waals surface area contributed by atoms with Gasteiger partial charge in [-0.3, -0.25) is 0 Å². The van der Waals surface area contributed by atoms with Gasteiger partial charge in [0.1, 0.15) is 6.10 Å². The van der Waals surface area contributed by atoms with Gasteiger partial charge in [0.15, 0.2) is 0 Å². The van der Waals surface area contributed by atoms with E-state index in [0.717, 1.165) is 36.3 Å². The van der Waals surface area contributed by atoms with Crippen LogP contribution in [0.15, 0.2) is 16.9 Å². The Hall–Kier alpha value is -0.680. The van der Waals surface area contributed by atoms with Crippen molar-refractivity contribution in [3.05, 3.63) is 16.9 Å². The molecule has 1 aromatic rings. The average Bonchev–Trinajstić information content (AvgIpc) is 2.34. The van der Waals surface area contributed by atoms with Gasteiger partial charge in [0.25, 0.3) is 0 Å². The van der Waals surface area contributed by atoms with Crippen molar-refractivity contribution in [1.82, 2.24) is 14.9 Å². The van der Waals surface area contributed by atoms with Crippen LogP contribution in [0.1, 0.15) is 26.7 Å². The molecule has 1 aromatic heterocycles. The molecule has 18 heavy (non-hydrogen) atoms. The van der Waals surface area contributed by atoms with E-state index >= 15 is 0 Å². The SMILES string of the molecule is CC(C)CN1CCC(Oc2ncc(Br)cn2)CC1. The minimum Gasteiger partial charge on any atom is -0.460 e. The average molecular weight is 314 g/mol. The molecule has 0 atom stereocenters. The van der Waals surface area contributed by atoms with Crippen LogP contribution in [-0.2, 0) is 0 Å². The first kappa shape index (κ1) is 13.7. The van der Waals surface area contributed by atoms with Gasteiger partial charge in [-0.25, -0.2) is 9.97 Å². The van der Waals surface area contributed by atoms with Crippen LogP contribution in [0, 0.1) is 5.92 Å². The highest BCUT2D eigenvalue weighted by atomic mass is 79.9. The summed E-state index contributed by atoms with van der Waals surface area (Å²) in [6.45, 7) is 7.93. The molecule has 0 spiro atoms. The van der Waals surface area contributed by atoms with Crippen LogP contribution in [0.4, 0.5) is 0 Å². The van der Waals surface area contributed by atoms with Gasteiger partial charge in [0.05, 0.1) is 4.47 Å². The maximum Gasteiger partial charge on any atom is 0.316 e. The second-order valence-corrected chi connectivity index (χ2v) is 6.11. The van der Waals surface area contributed by atoms with E-state index in [4.69, 9.17) is 4.74 Å². The molecule has 0 radical (unpaired) electrons. The van der Waals surface area contributed by atoms with Gasteiger partial charge < -0.3 is 9.64 Å². The number of nitrogens with zero attached hydrogens (tertiary/aromatic N) is 3. The predicted molar refractivity (Wildman–Crippen MR) is 74.7 cm³/mol. The first-order chi connectivity index (χ1) is 8.63. The Balaban J connectivity index is 1.78. The van der Waals surface area contributed by atoms with Crippen LogP contribution in [0.5, 0.6) is 6.01 Å². The molecule has 0 unspecified atom stereocenters. The summed E-state index contributed by atoms with van der Waals surface area (Å²) < 4.78 is 6.67. The van der Waals surface area contributed by atoms with Gasteiger partial charge in [0, 0.05) is 32.0 Å². The lowest BCUT2D eigenvalue weighted by Gasteiger charge is -2.32. The standard InChI is InChI=1S/C13H20BrN3O/c1-10(2)9-17-5-3-12(4-6-17)18-13-15-7-11(14)8-16-13/h7-8,10,12H,3-6,9H2,1-2H3. The van der Waals surface area contributed by atoms with Crippen molar-refractivity contribution in [2.45, 2.75) is 32.8 Å². The van der Waals surface area contributed by atoms with Crippen LogP contribution in [-0.4, -0.2) is 40.6 Å². The van der Waals surface area contributed by atoms with E-state index in [2.05, 4.69) is 44.6 Å². The fourth-order valence-electron chi connectivity index (χ4n) is 2.24. The second kappa shape index (κ2) is 6.48. The third-order valence-corrected chi connectivity index (χ3v) is 3.44. The number of piperidine rings is 1. The lowest BCUT2D eigenvalue weighted by molar-refractivity contribution is 0.0869. The molecule has 0 amide bonds. The summed E-state index contributed by atoms with van der Waals surface area (Å²) in [7, 11) is 0. The lowest BCUT2D eigenvalue weighted by Crippen LogP contribution is -2.40. The molecule has 1 saturated heterocycles. The Morgan fingerprint density at radius 2 is 1.94 bits per heavy atom. The Kier molecular flexibility index (Phi) is 4.95. The molecule has 0 aliphatic carbocycles. The van der Waals surface area contributed by atoms with Crippen LogP contribution in [0.2, 0.25) is 0 Å². The zero-order valence-electron chi connectivity index (χ0n) is 11.0. The zero-order chi connectivity index (χ0) is 13.0. The predicted octanol–water partition coefficient (Wildman–Crippen LogP) is 2.74. The summed E-state index contributed by atoms with van der Waals surface area (Å²) in [4.78, 5) is 10.8. The van der Waals surface area contributed by atoms with Gasteiger partial charge in [-0.05, 0) is 34.7 Å². The highest BCUT2D eigenvalue weighted by Crippen LogP contribution is 2.17. The van der Waals surface area contributed by atoms with E-state index < -0.39 is 0 Å². The van der Waals surface area contributed by atoms with E-state index in [1.165, 1.54) is 6.54 Å². The number of aromatic nitrogens is 2. The van der Waals surface area contributed by atoms with Crippen molar-refractivity contribution in [3.8, 4) is 6.01 Å². The molecule has 5 heteroatoms. The molecule has 1 aliphatic rings. The summed E-state index contributed by atoms with van der Waals surface area (Å²) in [6, 6.07) is 0.487. The normalized spacial score (nSPS) is 18.2. The number of hydrogen-bond donors (Lipinski definition) is 0. The van der Waals surface area contributed by atoms with Gasteiger partial charge in [-0.2, -0.15) is 0 Å². The number of likely N-dealkylation sites (tertiary alicyclic amines) is 1. The molecular weight excluding hydrogens is 294 g/mol. The van der Waals surface area contributed by atoms with Gasteiger partial charge in [-0.1, -0.05) is 13.8 Å². The summed E-state index contributed by atoms with van der Waals surface area (Å²) in [5, 5.41) is 0. The van der Waals surface area contributed by atoms with E-state index in [-0.39, 0.29) is 6.10 Å². The van der Waals surface area contributed by atoms with Crippen molar-refractivity contribution >= 4 is 15.9 Å². The molecule has 0 N–H and O–H groups in total. The quantitative estimate of drug-likeness (QED) is 0.856. The molecule has 2 rings (SSSR count). The summed E-state index contributed by atoms with van der Waals surface area (Å²) in [5.74, 6) is 0.734. The Morgan fingerprint density at radius 3 is 2.50 bits per heavy atom. The monoisotopic (exact) mass is 313 g/mol. The van der Waals surface area contributed by atoms with E-state index in [1.54, 1.807) is 12.4 Å². The van der Waals surface area contributed by atoms with Gasteiger partial charge in [0.2, 0.25) is 0 Å². The Labute approximate surface area is 117 Å². The van der Waals surface area contributed by atoms with Gasteiger partial charge in [-0.15, -0.1) is 0 Å². The third kappa shape index (κ3) is 4.21. The fourth-order valence-corrected chi connectivity index (χ4v) is 2.44. The van der Waals surface area contributed by atoms with Crippen molar-refractivity contribution in [2.75, 3.05) is 19.6 Å². The summed E-state index contributed by atoms with van der Waals surface area (Å²) in [5.41, 5.74) is 0. The molecule has 100 valence electrons. The molecule has 0 saturated carbocycles. The smallest absolute Gasteiger partial charge is 0.316 e. The number of ether oxygens (including phenoxy) is 1. The van der Waals surface area contributed by atoms with Crippen molar-refractivity contribution < 1.29 is 4.74 Å². The third-order valence-electron chi connectivity index (χ3n) is 3.03. The van der Waals surface area contributed by atoms with E-state index in [9.17, 15) is 0 Å². The maximum atomic E-state index is 5.79. The first-order valence-electron chi connectivity index (χ1n) is 6.50. The Morgan fingerprint density at radius 1 is 1.33 bits per heavy atom. The minimum absolute atomic E-state index is 0.259. The largest absolute Gasteiger partial charge is 0.460 e. The molecule has 4 nitrogen and oxygen atoms in total. The minimum atomic E-state index is 0.259. The zero-order valence-corrected chi connectivity index (χ0v) is 12.6. The van der Waals surface area contributed by atoms with E-state index in [1.807, 2.05) is 0 Å². The van der Waals surface area contributed by atoms with Gasteiger partial charge >= 0.3 is 6.01 Å². The molecule has 2 heterocycles. The fraction of sp³-hybridized carbons (Fsp3) is 0.692. The second-order valence-electron chi connectivity index (χ2n) is 5.20. The summed E-state index contributed by atoms with van der Waals surface area (Å²) >= 11 is 3.31. The number of halogens is 1. The molecule has 1 aliphatic heterocycles. The molecular formula is C13H20BrN3O. The van der Waals surface area contributed by atoms with Crippen LogP contribution in [0.25, 0.3) is 0 Å². The van der Waals surface area contributed by atoms with Crippen molar-refractivity contribution in [1.29, 1.82) is 0 Å². The topological polar surface area (TPSA) is 38.2 Å². The molecule has 0 aromatic carbocycles. The van der Waals surface area contributed by atoms with E-state index in [0.29, 0.717) is 6.01 Å². The van der Waals surface area contributed by atoms with Crippen molar-refractivity contribution in [2.24, 2.45) is 5.92 Å². The maximum absolute atomic E-state index is 5.79. The lowest BCUT2D eigenvalue weighted by atomic mass is 10.1. The number of rotatable bonds is 4. The van der Waals surface area contributed by atoms with Crippen molar-refractivity contribution in [3.63, 3.8) is 0 Å². The Bertz CT molecular complexity index is 361. The highest BCUT2D eigenvalue weighted by molar-refractivity contribution is 9.10. The summed E-state index contributed by atoms with van der Waals surface area (Å²) in [6.07, 6.45) is 5.82. The van der Waals surface area contributed by atoms with Crippen LogP contribution in [0.3, 0.4) is 0 Å². The van der Waals surface area contributed by atoms with Crippen LogP contribution < -0.4 is 4.74 Å². The number of hydrogen-bond acceptors (Lipinski definition) is 4. The highest BCUT2D eigenvalue weighted by Gasteiger charge is 2.21.